The first-order valence-corrected chi connectivity index (χ1v) is 14.4. The van der Waals surface area contributed by atoms with Gasteiger partial charge in [0.05, 0.1) is 31.4 Å². The van der Waals surface area contributed by atoms with E-state index >= 15 is 0 Å². The topological polar surface area (TPSA) is 88.7 Å². The van der Waals surface area contributed by atoms with Crippen LogP contribution in [0.3, 0.4) is 0 Å². The molecular formula is C29H37N7O3. The lowest BCUT2D eigenvalue weighted by molar-refractivity contribution is -0.137. The van der Waals surface area contributed by atoms with E-state index in [2.05, 4.69) is 38.9 Å². The zero-order chi connectivity index (χ0) is 26.6. The zero-order valence-electron chi connectivity index (χ0n) is 22.7. The minimum atomic E-state index is -0.112. The molecule has 4 fully saturated rings. The molecule has 5 heterocycles. The van der Waals surface area contributed by atoms with Gasteiger partial charge in [0.15, 0.2) is 5.65 Å². The first-order valence-electron chi connectivity index (χ1n) is 14.4. The van der Waals surface area contributed by atoms with Crippen LogP contribution >= 0.6 is 0 Å². The third kappa shape index (κ3) is 4.63. The fourth-order valence-electron chi connectivity index (χ4n) is 6.31. The Bertz CT molecular complexity index is 1420. The Morgan fingerprint density at radius 3 is 2.56 bits per heavy atom. The molecule has 2 aromatic heterocycles. The smallest absolute Gasteiger partial charge is 0.264 e. The summed E-state index contributed by atoms with van der Waals surface area (Å²) < 4.78 is 8.99. The highest BCUT2D eigenvalue weighted by molar-refractivity contribution is 5.85. The Morgan fingerprint density at radius 1 is 1.08 bits per heavy atom. The number of morpholine rings is 1. The molecule has 0 N–H and O–H groups in total. The van der Waals surface area contributed by atoms with E-state index in [1.54, 1.807) is 21.8 Å². The van der Waals surface area contributed by atoms with Crippen molar-refractivity contribution in [2.24, 2.45) is 11.3 Å². The fourth-order valence-corrected chi connectivity index (χ4v) is 6.31. The number of hydrogen-bond acceptors (Lipinski definition) is 7. The van der Waals surface area contributed by atoms with Crippen LogP contribution in [0, 0.1) is 11.3 Å². The van der Waals surface area contributed by atoms with E-state index in [1.807, 2.05) is 17.0 Å². The molecule has 0 atom stereocenters. The van der Waals surface area contributed by atoms with E-state index < -0.39 is 0 Å². The molecule has 10 heteroatoms. The van der Waals surface area contributed by atoms with E-state index in [0.29, 0.717) is 35.4 Å². The Labute approximate surface area is 228 Å². The summed E-state index contributed by atoms with van der Waals surface area (Å²) in [5, 5.41) is 5.10. The van der Waals surface area contributed by atoms with Crippen molar-refractivity contribution in [2.75, 3.05) is 57.4 Å². The van der Waals surface area contributed by atoms with Gasteiger partial charge in [-0.2, -0.15) is 5.10 Å². The predicted molar refractivity (Wildman–Crippen MR) is 148 cm³/mol. The molecule has 1 aliphatic carbocycles. The molecule has 3 saturated heterocycles. The second-order valence-electron chi connectivity index (χ2n) is 12.0. The molecule has 0 bridgehead atoms. The number of carbonyl (C=O) groups is 1. The average molecular weight is 532 g/mol. The molecule has 4 aliphatic rings. The van der Waals surface area contributed by atoms with Gasteiger partial charge in [0.2, 0.25) is 5.91 Å². The molecule has 3 aliphatic heterocycles. The van der Waals surface area contributed by atoms with E-state index in [0.717, 1.165) is 89.5 Å². The van der Waals surface area contributed by atoms with Gasteiger partial charge >= 0.3 is 0 Å². The number of carbonyl (C=O) groups excluding carboxylic acids is 1. The number of anilines is 1. The van der Waals surface area contributed by atoms with E-state index in [4.69, 9.17) is 4.74 Å². The number of hydrogen-bond donors (Lipinski definition) is 0. The van der Waals surface area contributed by atoms with Gasteiger partial charge < -0.3 is 14.5 Å². The maximum absolute atomic E-state index is 13.4. The quantitative estimate of drug-likeness (QED) is 0.482. The van der Waals surface area contributed by atoms with Crippen molar-refractivity contribution in [2.45, 2.75) is 45.2 Å². The normalized spacial score (nSPS) is 22.3. The Balaban J connectivity index is 1.03. The molecule has 206 valence electrons. The molecule has 39 heavy (non-hydrogen) atoms. The predicted octanol–water partition coefficient (Wildman–Crippen LogP) is 2.14. The molecule has 0 unspecified atom stereocenters. The fraction of sp³-hybridized carbons (Fsp3) is 0.586. The number of ether oxygens (including phenoxy) is 1. The van der Waals surface area contributed by atoms with Crippen LogP contribution in [0.2, 0.25) is 0 Å². The Hall–Kier alpha value is -3.24. The number of likely N-dealkylation sites (tertiary alicyclic amines) is 1. The van der Waals surface area contributed by atoms with Crippen LogP contribution < -0.4 is 10.5 Å². The second-order valence-corrected chi connectivity index (χ2v) is 12.0. The van der Waals surface area contributed by atoms with Gasteiger partial charge in [-0.25, -0.2) is 9.67 Å². The largest absolute Gasteiger partial charge is 0.379 e. The number of nitrogens with zero attached hydrogens (tertiary/aromatic N) is 7. The lowest BCUT2D eigenvalue weighted by Gasteiger charge is -2.47. The average Bonchev–Trinajstić information content (AvgIpc) is 3.54. The van der Waals surface area contributed by atoms with Crippen molar-refractivity contribution < 1.29 is 9.53 Å². The van der Waals surface area contributed by atoms with Crippen LogP contribution in [0.1, 0.15) is 32.6 Å². The van der Waals surface area contributed by atoms with Gasteiger partial charge in [-0.1, -0.05) is 13.0 Å². The van der Waals surface area contributed by atoms with Gasteiger partial charge in [-0.3, -0.25) is 19.1 Å². The van der Waals surface area contributed by atoms with Crippen LogP contribution in [0.25, 0.3) is 16.7 Å². The monoisotopic (exact) mass is 531 g/mol. The number of aromatic nitrogens is 4. The Kier molecular flexibility index (Phi) is 6.19. The van der Waals surface area contributed by atoms with Crippen molar-refractivity contribution in [3.63, 3.8) is 0 Å². The lowest BCUT2D eigenvalue weighted by atomic mass is 9.95. The first kappa shape index (κ1) is 24.8. The van der Waals surface area contributed by atoms with Crippen molar-refractivity contribution in [3.05, 3.63) is 47.1 Å². The second kappa shape index (κ2) is 9.75. The highest BCUT2D eigenvalue weighted by atomic mass is 16.5. The highest BCUT2D eigenvalue weighted by Crippen LogP contribution is 2.47. The molecule has 0 radical (unpaired) electrons. The Morgan fingerprint density at radius 2 is 1.82 bits per heavy atom. The standard InChI is InChI=1S/C29H37N7O3/c1-29(7-8-29)28(38)33-9-5-21(6-10-33)17-35-20-30-26-25(27(35)37)16-31-36(26)23-4-2-3-22(15-23)34-18-24(19-34)32-11-13-39-14-12-32/h2-4,15-16,20-21,24H,5-14,17-19H2,1H3. The van der Waals surface area contributed by atoms with Crippen molar-refractivity contribution in [1.82, 2.24) is 29.1 Å². The number of amides is 1. The summed E-state index contributed by atoms with van der Waals surface area (Å²) in [6.45, 7) is 9.96. The van der Waals surface area contributed by atoms with E-state index in [-0.39, 0.29) is 11.0 Å². The molecule has 0 spiro atoms. The number of rotatable bonds is 6. The highest BCUT2D eigenvalue weighted by Gasteiger charge is 2.47. The van der Waals surface area contributed by atoms with Gasteiger partial charge in [0.1, 0.15) is 5.39 Å². The first-order chi connectivity index (χ1) is 19.0. The van der Waals surface area contributed by atoms with Crippen molar-refractivity contribution in [3.8, 4) is 5.69 Å². The summed E-state index contributed by atoms with van der Waals surface area (Å²) in [4.78, 5) is 37.6. The van der Waals surface area contributed by atoms with Crippen molar-refractivity contribution in [1.29, 1.82) is 0 Å². The van der Waals surface area contributed by atoms with E-state index in [9.17, 15) is 9.59 Å². The van der Waals surface area contributed by atoms with Crippen LogP contribution in [0.4, 0.5) is 5.69 Å². The molecular weight excluding hydrogens is 494 g/mol. The van der Waals surface area contributed by atoms with E-state index in [1.165, 1.54) is 0 Å². The van der Waals surface area contributed by atoms with Gasteiger partial charge in [0.25, 0.3) is 5.56 Å². The summed E-state index contributed by atoms with van der Waals surface area (Å²) in [5.74, 6) is 0.672. The number of benzene rings is 1. The van der Waals surface area contributed by atoms with Crippen LogP contribution in [0.5, 0.6) is 0 Å². The number of piperidine rings is 1. The van der Waals surface area contributed by atoms with Gasteiger partial charge in [-0.05, 0) is 49.8 Å². The molecule has 1 aromatic carbocycles. The molecule has 7 rings (SSSR count). The molecule has 3 aromatic rings. The van der Waals surface area contributed by atoms with Crippen LogP contribution in [0.15, 0.2) is 41.6 Å². The maximum Gasteiger partial charge on any atom is 0.264 e. The number of fused-ring (bicyclic) bond motifs is 1. The molecule has 1 amide bonds. The molecule has 10 nitrogen and oxygen atoms in total. The third-order valence-corrected chi connectivity index (χ3v) is 9.29. The minimum Gasteiger partial charge on any atom is -0.379 e. The lowest BCUT2D eigenvalue weighted by Crippen LogP contribution is -2.61. The third-order valence-electron chi connectivity index (χ3n) is 9.29. The van der Waals surface area contributed by atoms with Crippen LogP contribution in [-0.2, 0) is 16.1 Å². The van der Waals surface area contributed by atoms with Crippen molar-refractivity contribution >= 4 is 22.6 Å². The summed E-state index contributed by atoms with van der Waals surface area (Å²) >= 11 is 0. The van der Waals surface area contributed by atoms with Gasteiger partial charge in [0, 0.05) is 63.0 Å². The maximum atomic E-state index is 13.4. The van der Waals surface area contributed by atoms with Crippen LogP contribution in [-0.4, -0.2) is 93.6 Å². The zero-order valence-corrected chi connectivity index (χ0v) is 22.7. The summed E-state index contributed by atoms with van der Waals surface area (Å²) in [5.41, 5.74) is 2.49. The SMILES string of the molecule is CC1(C(=O)N2CCC(Cn3cnc4c(cnn4-c4cccc(N5CC(N6CCOCC6)C5)c4)c3=O)CC2)CC1. The molecule has 1 saturated carbocycles. The van der Waals surface area contributed by atoms with Gasteiger partial charge in [-0.15, -0.1) is 0 Å². The summed E-state index contributed by atoms with van der Waals surface area (Å²) in [6.07, 6.45) is 7.17. The minimum absolute atomic E-state index is 0.0532. The summed E-state index contributed by atoms with van der Waals surface area (Å²) in [6, 6.07) is 8.90. The summed E-state index contributed by atoms with van der Waals surface area (Å²) in [7, 11) is 0.